The van der Waals surface area contributed by atoms with E-state index in [0.717, 1.165) is 0 Å². The monoisotopic (exact) mass is 325 g/mol. The van der Waals surface area contributed by atoms with Gasteiger partial charge in [-0.05, 0) is 40.5 Å². The second-order valence-electron chi connectivity index (χ2n) is 6.48. The van der Waals surface area contributed by atoms with E-state index in [2.05, 4.69) is 17.2 Å². The van der Waals surface area contributed by atoms with E-state index in [1.54, 1.807) is 26.8 Å². The van der Waals surface area contributed by atoms with Gasteiger partial charge in [0, 0.05) is 13.0 Å². The smallest absolute Gasteiger partial charge is 0.411 e. The minimum Gasteiger partial charge on any atom is -0.444 e. The van der Waals surface area contributed by atoms with Crippen LogP contribution in [0.15, 0.2) is 12.7 Å². The summed E-state index contributed by atoms with van der Waals surface area (Å²) in [4.78, 5) is 37.0. The van der Waals surface area contributed by atoms with Crippen LogP contribution in [0.1, 0.15) is 47.0 Å². The van der Waals surface area contributed by atoms with Crippen LogP contribution in [0, 0.1) is 0 Å². The van der Waals surface area contributed by atoms with Crippen LogP contribution in [0.2, 0.25) is 0 Å². The molecule has 0 bridgehead atoms. The van der Waals surface area contributed by atoms with Gasteiger partial charge in [-0.2, -0.15) is 0 Å². The summed E-state index contributed by atoms with van der Waals surface area (Å²) in [5.74, 6) is -0.636. The number of nitrogens with one attached hydrogen (secondary N) is 2. The molecule has 2 N–H and O–H groups in total. The molecule has 1 aliphatic heterocycles. The molecular weight excluding hydrogens is 298 g/mol. The lowest BCUT2D eigenvalue weighted by Crippen LogP contribution is -2.58. The fourth-order valence-corrected chi connectivity index (χ4v) is 2.33. The molecule has 2 atom stereocenters. The van der Waals surface area contributed by atoms with Gasteiger partial charge in [0.05, 0.1) is 12.2 Å². The number of hydrogen-bond donors (Lipinski definition) is 2. The van der Waals surface area contributed by atoms with Crippen molar-refractivity contribution in [2.45, 2.75) is 64.8 Å². The first kappa shape index (κ1) is 19.2. The van der Waals surface area contributed by atoms with Crippen LogP contribution in [0.4, 0.5) is 4.79 Å². The minimum absolute atomic E-state index is 0.271. The van der Waals surface area contributed by atoms with Gasteiger partial charge in [-0.25, -0.2) is 4.79 Å². The van der Waals surface area contributed by atoms with Crippen LogP contribution >= 0.6 is 0 Å². The van der Waals surface area contributed by atoms with E-state index in [0.29, 0.717) is 19.4 Å². The Morgan fingerprint density at radius 3 is 2.65 bits per heavy atom. The van der Waals surface area contributed by atoms with Crippen molar-refractivity contribution >= 4 is 17.9 Å². The van der Waals surface area contributed by atoms with Crippen molar-refractivity contribution in [1.82, 2.24) is 15.5 Å². The zero-order chi connectivity index (χ0) is 17.6. The summed E-state index contributed by atoms with van der Waals surface area (Å²) in [5.41, 5.74) is -0.599. The lowest BCUT2D eigenvalue weighted by Gasteiger charge is -2.35. The van der Waals surface area contributed by atoms with E-state index in [9.17, 15) is 14.4 Å². The predicted molar refractivity (Wildman–Crippen MR) is 86.5 cm³/mol. The molecule has 0 radical (unpaired) electrons. The lowest BCUT2D eigenvalue weighted by molar-refractivity contribution is -0.135. The molecule has 1 heterocycles. The zero-order valence-corrected chi connectivity index (χ0v) is 14.3. The van der Waals surface area contributed by atoms with E-state index in [1.807, 2.05) is 6.92 Å². The Kier molecular flexibility index (Phi) is 6.75. The summed E-state index contributed by atoms with van der Waals surface area (Å²) in [5, 5.41) is 5.43. The molecule has 0 aromatic heterocycles. The van der Waals surface area contributed by atoms with Gasteiger partial charge in [0.1, 0.15) is 5.60 Å². The Bertz CT molecular complexity index is 470. The van der Waals surface area contributed by atoms with Crippen LogP contribution in [0.3, 0.4) is 0 Å². The SMILES string of the molecule is C=CCC(NC1CCC(=O)NC1=O)N(CC)C(=O)OC(C)(C)C. The largest absolute Gasteiger partial charge is 0.444 e. The third-order valence-corrected chi connectivity index (χ3v) is 3.37. The van der Waals surface area contributed by atoms with Gasteiger partial charge in [-0.1, -0.05) is 6.08 Å². The number of nitrogens with zero attached hydrogens (tertiary/aromatic N) is 1. The summed E-state index contributed by atoms with van der Waals surface area (Å²) in [6, 6.07) is -0.519. The zero-order valence-electron chi connectivity index (χ0n) is 14.3. The molecule has 3 amide bonds. The number of imide groups is 1. The van der Waals surface area contributed by atoms with Gasteiger partial charge in [-0.3, -0.25) is 25.1 Å². The van der Waals surface area contributed by atoms with Crippen LogP contribution in [-0.2, 0) is 14.3 Å². The molecule has 7 heteroatoms. The highest BCUT2D eigenvalue weighted by Gasteiger charge is 2.32. The average molecular weight is 325 g/mol. The number of piperidine rings is 1. The highest BCUT2D eigenvalue weighted by atomic mass is 16.6. The normalized spacial score (nSPS) is 19.7. The van der Waals surface area contributed by atoms with Crippen molar-refractivity contribution in [2.75, 3.05) is 6.54 Å². The molecule has 1 fully saturated rings. The average Bonchev–Trinajstić information content (AvgIpc) is 2.40. The van der Waals surface area contributed by atoms with E-state index in [1.165, 1.54) is 4.90 Å². The molecule has 0 aromatic carbocycles. The quantitative estimate of drug-likeness (QED) is 0.439. The Morgan fingerprint density at radius 1 is 1.52 bits per heavy atom. The summed E-state index contributed by atoms with van der Waals surface area (Å²) >= 11 is 0. The number of carbonyl (C=O) groups excluding carboxylic acids is 3. The maximum Gasteiger partial charge on any atom is 0.411 e. The second-order valence-corrected chi connectivity index (χ2v) is 6.48. The van der Waals surface area contributed by atoms with Crippen molar-refractivity contribution in [2.24, 2.45) is 0 Å². The molecule has 0 aromatic rings. The molecule has 23 heavy (non-hydrogen) atoms. The molecule has 0 aliphatic carbocycles. The van der Waals surface area contributed by atoms with Crippen molar-refractivity contribution in [3.8, 4) is 0 Å². The summed E-state index contributed by atoms with van der Waals surface area (Å²) in [6.45, 7) is 11.4. The first-order chi connectivity index (χ1) is 10.7. The molecule has 7 nitrogen and oxygen atoms in total. The molecule has 1 saturated heterocycles. The third kappa shape index (κ3) is 6.02. The highest BCUT2D eigenvalue weighted by molar-refractivity contribution is 6.00. The first-order valence-electron chi connectivity index (χ1n) is 7.88. The number of hydrogen-bond acceptors (Lipinski definition) is 5. The maximum atomic E-state index is 12.4. The van der Waals surface area contributed by atoms with Gasteiger partial charge in [-0.15, -0.1) is 6.58 Å². The third-order valence-electron chi connectivity index (χ3n) is 3.37. The fourth-order valence-electron chi connectivity index (χ4n) is 2.33. The molecule has 130 valence electrons. The number of rotatable bonds is 6. The predicted octanol–water partition coefficient (Wildman–Crippen LogP) is 1.54. The molecule has 1 aliphatic rings. The van der Waals surface area contributed by atoms with Crippen molar-refractivity contribution in [3.63, 3.8) is 0 Å². The number of amides is 3. The maximum absolute atomic E-state index is 12.4. The minimum atomic E-state index is -0.599. The molecule has 2 unspecified atom stereocenters. The molecule has 1 rings (SSSR count). The van der Waals surface area contributed by atoms with Gasteiger partial charge in [0.25, 0.3) is 0 Å². The van der Waals surface area contributed by atoms with E-state index >= 15 is 0 Å². The topological polar surface area (TPSA) is 87.7 Å². The van der Waals surface area contributed by atoms with Gasteiger partial charge in [0.2, 0.25) is 11.8 Å². The van der Waals surface area contributed by atoms with E-state index < -0.39 is 23.9 Å². The summed E-state index contributed by atoms with van der Waals surface area (Å²) in [6.07, 6.45) is 1.96. The molecular formula is C16H27N3O4. The molecule has 0 saturated carbocycles. The van der Waals surface area contributed by atoms with Gasteiger partial charge < -0.3 is 4.74 Å². The van der Waals surface area contributed by atoms with Crippen LogP contribution in [0.25, 0.3) is 0 Å². The Morgan fingerprint density at radius 2 is 2.17 bits per heavy atom. The van der Waals surface area contributed by atoms with Gasteiger partial charge >= 0.3 is 6.09 Å². The lowest BCUT2D eigenvalue weighted by atomic mass is 10.1. The van der Waals surface area contributed by atoms with E-state index in [-0.39, 0.29) is 18.2 Å². The highest BCUT2D eigenvalue weighted by Crippen LogP contribution is 2.14. The number of ether oxygens (including phenoxy) is 1. The fraction of sp³-hybridized carbons (Fsp3) is 0.688. The second kappa shape index (κ2) is 8.10. The van der Waals surface area contributed by atoms with E-state index in [4.69, 9.17) is 4.74 Å². The molecule has 0 spiro atoms. The van der Waals surface area contributed by atoms with Gasteiger partial charge in [0.15, 0.2) is 0 Å². The summed E-state index contributed by atoms with van der Waals surface area (Å²) in [7, 11) is 0. The Labute approximate surface area is 137 Å². The van der Waals surface area contributed by atoms with Crippen LogP contribution in [-0.4, -0.2) is 47.2 Å². The number of carbonyl (C=O) groups is 3. The van der Waals surface area contributed by atoms with Crippen molar-refractivity contribution in [1.29, 1.82) is 0 Å². The Balaban J connectivity index is 2.81. The first-order valence-corrected chi connectivity index (χ1v) is 7.88. The van der Waals surface area contributed by atoms with Crippen molar-refractivity contribution < 1.29 is 19.1 Å². The Hall–Kier alpha value is -1.89. The summed E-state index contributed by atoms with van der Waals surface area (Å²) < 4.78 is 5.41. The van der Waals surface area contributed by atoms with Crippen LogP contribution < -0.4 is 10.6 Å². The standard InChI is InChI=1S/C16H27N3O4/c1-6-8-12(17-11-9-10-13(20)18-14(11)21)19(7-2)15(22)23-16(3,4)5/h6,11-12,17H,1,7-10H2,2-5H3,(H,18,20,21). The van der Waals surface area contributed by atoms with Crippen molar-refractivity contribution in [3.05, 3.63) is 12.7 Å². The van der Waals surface area contributed by atoms with Crippen LogP contribution in [0.5, 0.6) is 0 Å².